The number of rotatable bonds is 3. The Balaban J connectivity index is 2.25. The van der Waals surface area contributed by atoms with Crippen LogP contribution in [0.1, 0.15) is 24.4 Å². The average molecular weight is 249 g/mol. The number of halogens is 1. The number of tetrazole rings is 1. The van der Waals surface area contributed by atoms with Crippen molar-refractivity contribution in [2.75, 3.05) is 5.32 Å². The number of aromatic nitrogens is 4. The number of nitrogens with zero attached hydrogens (tertiary/aromatic N) is 4. The third-order valence-electron chi connectivity index (χ3n) is 2.25. The van der Waals surface area contributed by atoms with Crippen LogP contribution in [0.25, 0.3) is 0 Å². The Morgan fingerprint density at radius 3 is 3.00 bits per heavy atom. The predicted molar refractivity (Wildman–Crippen MR) is 62.4 cm³/mol. The fourth-order valence-corrected chi connectivity index (χ4v) is 1.63. The van der Waals surface area contributed by atoms with Gasteiger partial charge in [0.05, 0.1) is 22.3 Å². The van der Waals surface area contributed by atoms with Crippen LogP contribution >= 0.6 is 11.6 Å². The quantitative estimate of drug-likeness (QED) is 0.866. The van der Waals surface area contributed by atoms with Crippen LogP contribution in [-0.2, 0) is 0 Å². The van der Waals surface area contributed by atoms with E-state index in [0.717, 1.165) is 0 Å². The average Bonchev–Trinajstić information content (AvgIpc) is 2.82. The second kappa shape index (κ2) is 4.80. The van der Waals surface area contributed by atoms with Gasteiger partial charge in [0.2, 0.25) is 0 Å². The van der Waals surface area contributed by atoms with Gasteiger partial charge in [-0.15, -0.1) is 10.2 Å². The number of hydrogen-bond acceptors (Lipinski definition) is 5. The van der Waals surface area contributed by atoms with E-state index >= 15 is 0 Å². The molecule has 0 saturated heterocycles. The molecule has 0 amide bonds. The topological polar surface area (TPSA) is 90.3 Å². The highest BCUT2D eigenvalue weighted by molar-refractivity contribution is 6.32. The van der Waals surface area contributed by atoms with Gasteiger partial charge < -0.3 is 5.32 Å². The summed E-state index contributed by atoms with van der Waals surface area (Å²) < 4.78 is 0. The van der Waals surface area contributed by atoms with Crippen molar-refractivity contribution >= 4 is 17.3 Å². The van der Waals surface area contributed by atoms with Gasteiger partial charge in [0.1, 0.15) is 6.07 Å². The van der Waals surface area contributed by atoms with Gasteiger partial charge in [-0.2, -0.15) is 10.5 Å². The van der Waals surface area contributed by atoms with E-state index in [-0.39, 0.29) is 6.04 Å². The van der Waals surface area contributed by atoms with E-state index in [1.54, 1.807) is 18.2 Å². The van der Waals surface area contributed by atoms with Gasteiger partial charge in [-0.3, -0.25) is 0 Å². The van der Waals surface area contributed by atoms with Crippen molar-refractivity contribution < 1.29 is 0 Å². The number of H-pyrrole nitrogens is 1. The summed E-state index contributed by atoms with van der Waals surface area (Å²) in [6, 6.07) is 7.11. The molecule has 86 valence electrons. The highest BCUT2D eigenvalue weighted by Gasteiger charge is 2.13. The van der Waals surface area contributed by atoms with Gasteiger partial charge in [0, 0.05) is 0 Å². The molecule has 2 rings (SSSR count). The highest BCUT2D eigenvalue weighted by Crippen LogP contribution is 2.25. The van der Waals surface area contributed by atoms with Crippen LogP contribution in [0.15, 0.2) is 18.2 Å². The molecule has 1 atom stereocenters. The summed E-state index contributed by atoms with van der Waals surface area (Å²) in [7, 11) is 0. The Hall–Kier alpha value is -2.13. The molecule has 1 unspecified atom stereocenters. The molecule has 0 saturated carbocycles. The molecule has 17 heavy (non-hydrogen) atoms. The summed E-state index contributed by atoms with van der Waals surface area (Å²) in [4.78, 5) is 0. The van der Waals surface area contributed by atoms with Crippen molar-refractivity contribution in [3.63, 3.8) is 0 Å². The Morgan fingerprint density at radius 2 is 2.35 bits per heavy atom. The molecule has 0 fully saturated rings. The number of anilines is 1. The van der Waals surface area contributed by atoms with E-state index in [1.165, 1.54) is 0 Å². The van der Waals surface area contributed by atoms with Gasteiger partial charge in [0.25, 0.3) is 0 Å². The molecule has 2 aromatic rings. The first-order chi connectivity index (χ1) is 8.22. The van der Waals surface area contributed by atoms with Crippen LogP contribution in [0.3, 0.4) is 0 Å². The molecule has 0 radical (unpaired) electrons. The predicted octanol–water partition coefficient (Wildman–Crippen LogP) is 1.90. The lowest BCUT2D eigenvalue weighted by molar-refractivity contribution is 0.793. The third-order valence-corrected chi connectivity index (χ3v) is 2.56. The Bertz CT molecular complexity index is 544. The van der Waals surface area contributed by atoms with Gasteiger partial charge in [-0.25, -0.2) is 0 Å². The summed E-state index contributed by atoms with van der Waals surface area (Å²) in [6.45, 7) is 1.87. The monoisotopic (exact) mass is 248 g/mol. The molecule has 1 aromatic heterocycles. The third kappa shape index (κ3) is 2.34. The lowest BCUT2D eigenvalue weighted by atomic mass is 10.1. The number of nitriles is 1. The maximum atomic E-state index is 9.02. The molecule has 2 N–H and O–H groups in total. The SMILES string of the molecule is CC(Nc1cccc(Cl)c1C#N)c1nn[nH]n1. The highest BCUT2D eigenvalue weighted by atomic mass is 35.5. The zero-order chi connectivity index (χ0) is 12.3. The second-order valence-electron chi connectivity index (χ2n) is 3.41. The summed E-state index contributed by atoms with van der Waals surface area (Å²) in [5, 5.41) is 26.1. The zero-order valence-electron chi connectivity index (χ0n) is 8.98. The second-order valence-corrected chi connectivity index (χ2v) is 3.82. The minimum atomic E-state index is -0.167. The van der Waals surface area contributed by atoms with E-state index in [0.29, 0.717) is 22.1 Å². The smallest absolute Gasteiger partial charge is 0.196 e. The zero-order valence-corrected chi connectivity index (χ0v) is 9.73. The maximum absolute atomic E-state index is 9.02. The van der Waals surface area contributed by atoms with Crippen LogP contribution in [0.2, 0.25) is 5.02 Å². The van der Waals surface area contributed by atoms with Crippen molar-refractivity contribution in [1.29, 1.82) is 5.26 Å². The van der Waals surface area contributed by atoms with Crippen LogP contribution < -0.4 is 5.32 Å². The Kier molecular flexibility index (Phi) is 3.21. The van der Waals surface area contributed by atoms with E-state index < -0.39 is 0 Å². The fraction of sp³-hybridized carbons (Fsp3) is 0.200. The molecule has 0 bridgehead atoms. The lowest BCUT2D eigenvalue weighted by Gasteiger charge is -2.13. The normalized spacial score (nSPS) is 11.8. The molecule has 0 aliphatic heterocycles. The number of aromatic amines is 1. The fourth-order valence-electron chi connectivity index (χ4n) is 1.41. The van der Waals surface area contributed by atoms with Gasteiger partial charge in [-0.1, -0.05) is 22.9 Å². The van der Waals surface area contributed by atoms with Crippen molar-refractivity contribution in [1.82, 2.24) is 20.6 Å². The first kappa shape index (κ1) is 11.4. The Morgan fingerprint density at radius 1 is 1.53 bits per heavy atom. The van der Waals surface area contributed by atoms with Gasteiger partial charge >= 0.3 is 0 Å². The maximum Gasteiger partial charge on any atom is 0.196 e. The summed E-state index contributed by atoms with van der Waals surface area (Å²) >= 11 is 5.93. The molecule has 0 spiro atoms. The van der Waals surface area contributed by atoms with Crippen LogP contribution in [0.4, 0.5) is 5.69 Å². The summed E-state index contributed by atoms with van der Waals surface area (Å²) in [5.41, 5.74) is 1.06. The Labute approximate surface area is 103 Å². The largest absolute Gasteiger partial charge is 0.374 e. The molecule has 1 aromatic carbocycles. The van der Waals surface area contributed by atoms with Crippen LogP contribution in [-0.4, -0.2) is 20.6 Å². The van der Waals surface area contributed by atoms with E-state index in [9.17, 15) is 0 Å². The van der Waals surface area contributed by atoms with E-state index in [4.69, 9.17) is 16.9 Å². The first-order valence-electron chi connectivity index (χ1n) is 4.91. The van der Waals surface area contributed by atoms with Gasteiger partial charge in [-0.05, 0) is 19.1 Å². The molecular weight excluding hydrogens is 240 g/mol. The van der Waals surface area contributed by atoms with Crippen molar-refractivity contribution in [3.05, 3.63) is 34.6 Å². The van der Waals surface area contributed by atoms with Crippen LogP contribution in [0.5, 0.6) is 0 Å². The van der Waals surface area contributed by atoms with Crippen molar-refractivity contribution in [2.24, 2.45) is 0 Å². The van der Waals surface area contributed by atoms with E-state index in [1.807, 2.05) is 6.92 Å². The standard InChI is InChI=1S/C10H9ClN6/c1-6(10-14-16-17-15-10)13-9-4-2-3-8(11)7(9)5-12/h2-4,6,13H,1H3,(H,14,15,16,17). The first-order valence-corrected chi connectivity index (χ1v) is 5.28. The van der Waals surface area contributed by atoms with Crippen molar-refractivity contribution in [3.8, 4) is 6.07 Å². The molecule has 7 heteroatoms. The number of nitrogens with one attached hydrogen (secondary N) is 2. The number of benzene rings is 1. The minimum absolute atomic E-state index is 0.167. The summed E-state index contributed by atoms with van der Waals surface area (Å²) in [5.74, 6) is 0.522. The van der Waals surface area contributed by atoms with Gasteiger partial charge in [0.15, 0.2) is 5.82 Å². The molecule has 0 aliphatic carbocycles. The molecule has 1 heterocycles. The van der Waals surface area contributed by atoms with Crippen molar-refractivity contribution in [2.45, 2.75) is 13.0 Å². The molecular formula is C10H9ClN6. The van der Waals surface area contributed by atoms with E-state index in [2.05, 4.69) is 32.0 Å². The van der Waals surface area contributed by atoms with Crippen LogP contribution in [0, 0.1) is 11.3 Å². The number of hydrogen-bond donors (Lipinski definition) is 2. The summed E-state index contributed by atoms with van der Waals surface area (Å²) in [6.07, 6.45) is 0. The molecule has 6 nitrogen and oxygen atoms in total. The molecule has 0 aliphatic rings. The minimum Gasteiger partial charge on any atom is -0.374 e. The lowest BCUT2D eigenvalue weighted by Crippen LogP contribution is -2.09.